The average Bonchev–Trinajstić information content (AvgIpc) is 2.68. The predicted octanol–water partition coefficient (Wildman–Crippen LogP) is 6.27. The minimum Gasteiger partial charge on any atom is -0.344 e. The molecule has 1 heteroatoms. The van der Waals surface area contributed by atoms with E-state index in [2.05, 4.69) is 109 Å². The van der Waals surface area contributed by atoms with Gasteiger partial charge in [-0.25, -0.2) is 0 Å². The SMILES string of the molecule is CN(c1ccccc1)c1ccc2ccccc2c1-c1ccccc1. The highest BCUT2D eigenvalue weighted by atomic mass is 15.1. The first-order chi connectivity index (χ1) is 11.8. The first-order valence-electron chi connectivity index (χ1n) is 8.20. The fourth-order valence-corrected chi connectivity index (χ4v) is 3.24. The fourth-order valence-electron chi connectivity index (χ4n) is 3.24. The van der Waals surface area contributed by atoms with E-state index in [0.717, 1.165) is 0 Å². The second-order valence-electron chi connectivity index (χ2n) is 5.94. The third-order valence-corrected chi connectivity index (χ3v) is 4.47. The summed E-state index contributed by atoms with van der Waals surface area (Å²) in [6.07, 6.45) is 0. The quantitative estimate of drug-likeness (QED) is 0.431. The summed E-state index contributed by atoms with van der Waals surface area (Å²) in [6, 6.07) is 34.1. The standard InChI is InChI=1S/C23H19N/c1-24(20-13-6-3-7-14-20)22-17-16-18-10-8-9-15-21(18)23(22)19-11-4-2-5-12-19/h2-17H,1H3. The van der Waals surface area contributed by atoms with Crippen LogP contribution in [0.4, 0.5) is 11.4 Å². The molecule has 0 saturated carbocycles. The zero-order chi connectivity index (χ0) is 16.4. The maximum atomic E-state index is 2.26. The van der Waals surface area contributed by atoms with Crippen LogP contribution in [0.2, 0.25) is 0 Å². The van der Waals surface area contributed by atoms with E-state index in [9.17, 15) is 0 Å². The van der Waals surface area contributed by atoms with E-state index in [1.54, 1.807) is 0 Å². The van der Waals surface area contributed by atoms with Gasteiger partial charge in [-0.15, -0.1) is 0 Å². The molecule has 116 valence electrons. The minimum atomic E-state index is 1.19. The van der Waals surface area contributed by atoms with E-state index in [1.807, 2.05) is 0 Å². The van der Waals surface area contributed by atoms with Crippen molar-refractivity contribution in [3.8, 4) is 11.1 Å². The van der Waals surface area contributed by atoms with Crippen molar-refractivity contribution in [3.63, 3.8) is 0 Å². The van der Waals surface area contributed by atoms with Crippen molar-refractivity contribution < 1.29 is 0 Å². The molecule has 0 amide bonds. The monoisotopic (exact) mass is 309 g/mol. The Bertz CT molecular complexity index is 959. The van der Waals surface area contributed by atoms with Gasteiger partial charge in [0.25, 0.3) is 0 Å². The van der Waals surface area contributed by atoms with Crippen LogP contribution in [0.25, 0.3) is 21.9 Å². The molecule has 0 aliphatic carbocycles. The summed E-state index contributed by atoms with van der Waals surface area (Å²) in [7, 11) is 2.13. The number of anilines is 2. The van der Waals surface area contributed by atoms with Gasteiger partial charge in [0.05, 0.1) is 0 Å². The minimum absolute atomic E-state index is 1.19. The number of hydrogen-bond donors (Lipinski definition) is 0. The number of hydrogen-bond acceptors (Lipinski definition) is 1. The van der Waals surface area contributed by atoms with E-state index < -0.39 is 0 Å². The Kier molecular flexibility index (Phi) is 3.76. The maximum Gasteiger partial charge on any atom is 0.0494 e. The van der Waals surface area contributed by atoms with Gasteiger partial charge in [-0.3, -0.25) is 0 Å². The van der Waals surface area contributed by atoms with Crippen molar-refractivity contribution in [2.24, 2.45) is 0 Å². The summed E-state index contributed by atoms with van der Waals surface area (Å²) in [6.45, 7) is 0. The molecule has 0 radical (unpaired) electrons. The second-order valence-corrected chi connectivity index (χ2v) is 5.94. The fraction of sp³-hybridized carbons (Fsp3) is 0.0435. The normalized spacial score (nSPS) is 10.7. The molecule has 0 aliphatic rings. The third-order valence-electron chi connectivity index (χ3n) is 4.47. The Balaban J connectivity index is 1.99. The highest BCUT2D eigenvalue weighted by molar-refractivity contribution is 6.03. The third kappa shape index (κ3) is 2.55. The molecule has 24 heavy (non-hydrogen) atoms. The summed E-state index contributed by atoms with van der Waals surface area (Å²) in [4.78, 5) is 2.26. The van der Waals surface area contributed by atoms with Crippen LogP contribution in [0.3, 0.4) is 0 Å². The maximum absolute atomic E-state index is 2.26. The summed E-state index contributed by atoms with van der Waals surface area (Å²) >= 11 is 0. The Hall–Kier alpha value is -3.06. The van der Waals surface area contributed by atoms with Gasteiger partial charge in [-0.1, -0.05) is 78.9 Å². The van der Waals surface area contributed by atoms with Gasteiger partial charge in [0, 0.05) is 24.0 Å². The molecule has 0 atom stereocenters. The van der Waals surface area contributed by atoms with Crippen LogP contribution in [0.15, 0.2) is 97.1 Å². The summed E-state index contributed by atoms with van der Waals surface area (Å²) in [5.74, 6) is 0. The van der Waals surface area contributed by atoms with Crippen molar-refractivity contribution in [2.75, 3.05) is 11.9 Å². The molecule has 1 nitrogen and oxygen atoms in total. The highest BCUT2D eigenvalue weighted by Crippen LogP contribution is 2.39. The van der Waals surface area contributed by atoms with Gasteiger partial charge < -0.3 is 4.90 Å². The van der Waals surface area contributed by atoms with Crippen molar-refractivity contribution in [2.45, 2.75) is 0 Å². The lowest BCUT2D eigenvalue weighted by Gasteiger charge is -2.24. The van der Waals surface area contributed by atoms with Crippen molar-refractivity contribution in [3.05, 3.63) is 97.1 Å². The molecule has 0 bridgehead atoms. The van der Waals surface area contributed by atoms with Crippen molar-refractivity contribution in [1.82, 2.24) is 0 Å². The first-order valence-corrected chi connectivity index (χ1v) is 8.20. The Labute approximate surface area is 142 Å². The van der Waals surface area contributed by atoms with E-state index in [1.165, 1.54) is 33.3 Å². The number of fused-ring (bicyclic) bond motifs is 1. The zero-order valence-corrected chi connectivity index (χ0v) is 13.7. The van der Waals surface area contributed by atoms with Crippen LogP contribution in [0.1, 0.15) is 0 Å². The molecular formula is C23H19N. The number of nitrogens with zero attached hydrogens (tertiary/aromatic N) is 1. The Morgan fingerprint density at radius 3 is 1.96 bits per heavy atom. The topological polar surface area (TPSA) is 3.24 Å². The van der Waals surface area contributed by atoms with Crippen LogP contribution in [0.5, 0.6) is 0 Å². The summed E-state index contributed by atoms with van der Waals surface area (Å²) in [5, 5.41) is 2.55. The molecule has 0 heterocycles. The van der Waals surface area contributed by atoms with Crippen molar-refractivity contribution in [1.29, 1.82) is 0 Å². The smallest absolute Gasteiger partial charge is 0.0494 e. The number of benzene rings is 4. The van der Waals surface area contributed by atoms with Gasteiger partial charge in [0.1, 0.15) is 0 Å². The van der Waals surface area contributed by atoms with E-state index in [4.69, 9.17) is 0 Å². The van der Waals surface area contributed by atoms with Crippen LogP contribution < -0.4 is 4.90 Å². The van der Waals surface area contributed by atoms with Crippen LogP contribution in [-0.4, -0.2) is 7.05 Å². The average molecular weight is 309 g/mol. The van der Waals surface area contributed by atoms with Gasteiger partial charge >= 0.3 is 0 Å². The Morgan fingerprint density at radius 2 is 1.21 bits per heavy atom. The van der Waals surface area contributed by atoms with Gasteiger partial charge in [0.15, 0.2) is 0 Å². The summed E-state index contributed by atoms with van der Waals surface area (Å²) in [5.41, 5.74) is 4.92. The lowest BCUT2D eigenvalue weighted by molar-refractivity contribution is 1.21. The lowest BCUT2D eigenvalue weighted by atomic mass is 9.95. The van der Waals surface area contributed by atoms with Crippen LogP contribution in [-0.2, 0) is 0 Å². The number of para-hydroxylation sites is 1. The molecule has 0 spiro atoms. The molecular weight excluding hydrogens is 290 g/mol. The second kappa shape index (κ2) is 6.21. The lowest BCUT2D eigenvalue weighted by Crippen LogP contribution is -2.10. The van der Waals surface area contributed by atoms with Gasteiger partial charge in [-0.05, 0) is 34.5 Å². The zero-order valence-electron chi connectivity index (χ0n) is 13.7. The molecule has 4 aromatic rings. The Morgan fingerprint density at radius 1 is 0.583 bits per heavy atom. The number of rotatable bonds is 3. The van der Waals surface area contributed by atoms with Gasteiger partial charge in [-0.2, -0.15) is 0 Å². The molecule has 0 N–H and O–H groups in total. The highest BCUT2D eigenvalue weighted by Gasteiger charge is 2.14. The van der Waals surface area contributed by atoms with Crippen molar-refractivity contribution >= 4 is 22.1 Å². The van der Waals surface area contributed by atoms with Crippen LogP contribution in [0, 0.1) is 0 Å². The largest absolute Gasteiger partial charge is 0.344 e. The molecule has 0 saturated heterocycles. The van der Waals surface area contributed by atoms with E-state index in [-0.39, 0.29) is 0 Å². The molecule has 4 rings (SSSR count). The summed E-state index contributed by atoms with van der Waals surface area (Å²) < 4.78 is 0. The molecule has 4 aromatic carbocycles. The predicted molar refractivity (Wildman–Crippen MR) is 104 cm³/mol. The molecule has 0 unspecified atom stereocenters. The van der Waals surface area contributed by atoms with E-state index >= 15 is 0 Å². The first kappa shape index (κ1) is 14.5. The van der Waals surface area contributed by atoms with Crippen LogP contribution >= 0.6 is 0 Å². The van der Waals surface area contributed by atoms with Gasteiger partial charge in [0.2, 0.25) is 0 Å². The molecule has 0 fully saturated rings. The molecule has 0 aliphatic heterocycles. The van der Waals surface area contributed by atoms with E-state index in [0.29, 0.717) is 0 Å². The molecule has 0 aromatic heterocycles.